The third-order valence-corrected chi connectivity index (χ3v) is 3.21. The number of isocyanates is 1. The smallest absolute Gasteiger partial charge is 0.412 e. The molecule has 1 N–H and O–H groups in total. The summed E-state index contributed by atoms with van der Waals surface area (Å²) in [5.74, 6) is 0.237. The largest absolute Gasteiger partial charge is 0.493 e. The summed E-state index contributed by atoms with van der Waals surface area (Å²) in [6, 6.07) is 5.96. The van der Waals surface area contributed by atoms with Crippen LogP contribution in [0.3, 0.4) is 0 Å². The molecule has 1 unspecified atom stereocenters. The van der Waals surface area contributed by atoms with E-state index in [-0.39, 0.29) is 6.61 Å². The minimum absolute atomic E-state index is 0.222. The van der Waals surface area contributed by atoms with Gasteiger partial charge in [0.05, 0.1) is 13.7 Å². The van der Waals surface area contributed by atoms with Crippen LogP contribution in [0.5, 0.6) is 11.5 Å². The summed E-state index contributed by atoms with van der Waals surface area (Å²) in [6.07, 6.45) is 2.28. The van der Waals surface area contributed by atoms with E-state index in [1.165, 1.54) is 13.2 Å². The molecule has 1 aromatic rings. The van der Waals surface area contributed by atoms with E-state index in [2.05, 4.69) is 10.3 Å². The molecule has 1 aromatic carbocycles. The van der Waals surface area contributed by atoms with Gasteiger partial charge in [0.15, 0.2) is 17.5 Å². The van der Waals surface area contributed by atoms with Gasteiger partial charge >= 0.3 is 12.1 Å². The molecule has 0 bridgehead atoms. The van der Waals surface area contributed by atoms with Gasteiger partial charge < -0.3 is 19.5 Å². The van der Waals surface area contributed by atoms with Gasteiger partial charge in [0, 0.05) is 6.54 Å². The third-order valence-electron chi connectivity index (χ3n) is 3.21. The Hall–Kier alpha value is -2.86. The summed E-state index contributed by atoms with van der Waals surface area (Å²) >= 11 is 0. The van der Waals surface area contributed by atoms with Crippen molar-refractivity contribution >= 4 is 18.1 Å². The molecule has 1 amide bonds. The maximum absolute atomic E-state index is 11.7. The van der Waals surface area contributed by atoms with E-state index in [4.69, 9.17) is 14.2 Å². The van der Waals surface area contributed by atoms with E-state index in [0.717, 1.165) is 0 Å². The maximum Gasteiger partial charge on any atom is 0.412 e. The molecule has 1 rings (SSSR count). The highest BCUT2D eigenvalue weighted by atomic mass is 16.6. The van der Waals surface area contributed by atoms with E-state index >= 15 is 0 Å². The number of nitrogens with zero attached hydrogens (tertiary/aromatic N) is 1. The minimum Gasteiger partial charge on any atom is -0.493 e. The molecule has 25 heavy (non-hydrogen) atoms. The molecule has 0 aliphatic carbocycles. The Morgan fingerprint density at radius 1 is 1.24 bits per heavy atom. The summed E-state index contributed by atoms with van der Waals surface area (Å²) in [6.45, 7) is 2.26. The van der Waals surface area contributed by atoms with Gasteiger partial charge in [-0.05, 0) is 38.3 Å². The molecule has 0 heterocycles. The van der Waals surface area contributed by atoms with Crippen LogP contribution in [0.1, 0.15) is 26.2 Å². The maximum atomic E-state index is 11.7. The number of para-hydroxylation sites is 2. The normalized spacial score (nSPS) is 11.0. The van der Waals surface area contributed by atoms with Crippen molar-refractivity contribution in [3.8, 4) is 11.5 Å². The van der Waals surface area contributed by atoms with Crippen molar-refractivity contribution in [3.05, 3.63) is 24.3 Å². The van der Waals surface area contributed by atoms with Gasteiger partial charge in [-0.2, -0.15) is 4.99 Å². The lowest BCUT2D eigenvalue weighted by Gasteiger charge is -2.11. The van der Waals surface area contributed by atoms with Crippen molar-refractivity contribution in [1.82, 2.24) is 5.32 Å². The number of esters is 1. The van der Waals surface area contributed by atoms with Crippen molar-refractivity contribution in [2.45, 2.75) is 32.2 Å². The highest BCUT2D eigenvalue weighted by Gasteiger charge is 2.18. The lowest BCUT2D eigenvalue weighted by Crippen LogP contribution is -2.28. The van der Waals surface area contributed by atoms with Crippen molar-refractivity contribution in [3.63, 3.8) is 0 Å². The van der Waals surface area contributed by atoms with E-state index in [1.54, 1.807) is 31.2 Å². The fourth-order valence-electron chi connectivity index (χ4n) is 2.03. The summed E-state index contributed by atoms with van der Waals surface area (Å²) in [5.41, 5.74) is 0. The summed E-state index contributed by atoms with van der Waals surface area (Å²) < 4.78 is 15.1. The molecule has 0 aromatic heterocycles. The van der Waals surface area contributed by atoms with Crippen LogP contribution < -0.4 is 14.8 Å². The standard InChI is InChI=1S/C17H22N2O6/c1-3-24-16(21)13(19-12-20)8-6-7-11-18-17(22)25-15-10-5-4-9-14(15)23-2/h4-5,9-10,13H,3,6-8,11H2,1-2H3,(H,18,22). The van der Waals surface area contributed by atoms with Crippen LogP contribution >= 0.6 is 0 Å². The summed E-state index contributed by atoms with van der Waals surface area (Å²) in [5, 5.41) is 2.60. The fourth-order valence-corrected chi connectivity index (χ4v) is 2.03. The number of unbranched alkanes of at least 4 members (excludes halogenated alkanes) is 1. The van der Waals surface area contributed by atoms with Crippen LogP contribution in [0.15, 0.2) is 29.3 Å². The van der Waals surface area contributed by atoms with Gasteiger partial charge in [-0.15, -0.1) is 0 Å². The lowest BCUT2D eigenvalue weighted by molar-refractivity contribution is -0.144. The SMILES string of the molecule is CCOC(=O)C(CCCCNC(=O)Oc1ccccc1OC)N=C=O. The molecule has 0 saturated heterocycles. The van der Waals surface area contributed by atoms with Crippen molar-refractivity contribution in [1.29, 1.82) is 0 Å². The second kappa shape index (κ2) is 11.6. The van der Waals surface area contributed by atoms with Crippen molar-refractivity contribution in [2.24, 2.45) is 4.99 Å². The summed E-state index contributed by atoms with van der Waals surface area (Å²) in [4.78, 5) is 37.1. The second-order valence-corrected chi connectivity index (χ2v) is 4.95. The number of aliphatic imine (C=N–C) groups is 1. The monoisotopic (exact) mass is 350 g/mol. The molecule has 136 valence electrons. The number of carbonyl (C=O) groups is 2. The van der Waals surface area contributed by atoms with Crippen LogP contribution in [0.25, 0.3) is 0 Å². The molecular formula is C17H22N2O6. The number of ether oxygens (including phenoxy) is 3. The first-order valence-electron chi connectivity index (χ1n) is 7.94. The van der Waals surface area contributed by atoms with Crippen molar-refractivity contribution in [2.75, 3.05) is 20.3 Å². The first-order valence-corrected chi connectivity index (χ1v) is 7.94. The number of carbonyl (C=O) groups excluding carboxylic acids is 3. The van der Waals surface area contributed by atoms with Crippen LogP contribution in [-0.4, -0.2) is 44.4 Å². The van der Waals surface area contributed by atoms with Crippen molar-refractivity contribution < 1.29 is 28.6 Å². The zero-order chi connectivity index (χ0) is 18.5. The molecular weight excluding hydrogens is 328 g/mol. The van der Waals surface area contributed by atoms with Gasteiger partial charge in [0.1, 0.15) is 0 Å². The van der Waals surface area contributed by atoms with E-state index in [1.807, 2.05) is 0 Å². The molecule has 1 atom stereocenters. The Bertz CT molecular complexity index is 613. The number of rotatable bonds is 10. The van der Waals surface area contributed by atoms with Gasteiger partial charge in [0.25, 0.3) is 0 Å². The molecule has 0 aliphatic rings. The molecule has 0 fully saturated rings. The Labute approximate surface area is 146 Å². The highest BCUT2D eigenvalue weighted by molar-refractivity contribution is 5.76. The highest BCUT2D eigenvalue weighted by Crippen LogP contribution is 2.25. The first-order chi connectivity index (χ1) is 12.1. The number of amides is 1. The fraction of sp³-hybridized carbons (Fsp3) is 0.471. The third kappa shape index (κ3) is 7.50. The number of hydrogen-bond acceptors (Lipinski definition) is 7. The van der Waals surface area contributed by atoms with Crippen LogP contribution in [-0.2, 0) is 14.3 Å². The summed E-state index contributed by atoms with van der Waals surface area (Å²) in [7, 11) is 1.49. The zero-order valence-corrected chi connectivity index (χ0v) is 14.3. The number of nitrogens with one attached hydrogen (secondary N) is 1. The zero-order valence-electron chi connectivity index (χ0n) is 14.3. The Morgan fingerprint density at radius 3 is 2.60 bits per heavy atom. The quantitative estimate of drug-likeness (QED) is 0.300. The number of methoxy groups -OCH3 is 1. The molecule has 0 saturated carbocycles. The molecule has 0 radical (unpaired) electrons. The van der Waals surface area contributed by atoms with Crippen LogP contribution in [0, 0.1) is 0 Å². The Balaban J connectivity index is 2.31. The second-order valence-electron chi connectivity index (χ2n) is 4.95. The molecule has 0 spiro atoms. The van der Waals surface area contributed by atoms with Gasteiger partial charge in [-0.1, -0.05) is 12.1 Å². The number of benzene rings is 1. The van der Waals surface area contributed by atoms with E-state index in [9.17, 15) is 14.4 Å². The first kappa shape index (κ1) is 20.2. The lowest BCUT2D eigenvalue weighted by atomic mass is 10.1. The van der Waals surface area contributed by atoms with Gasteiger partial charge in [-0.25, -0.2) is 14.4 Å². The average Bonchev–Trinajstić information content (AvgIpc) is 2.61. The predicted octanol–water partition coefficient (Wildman–Crippen LogP) is 2.22. The average molecular weight is 350 g/mol. The molecule has 8 heteroatoms. The van der Waals surface area contributed by atoms with Gasteiger partial charge in [0.2, 0.25) is 6.08 Å². The topological polar surface area (TPSA) is 103 Å². The van der Waals surface area contributed by atoms with E-state index in [0.29, 0.717) is 37.3 Å². The molecule has 0 aliphatic heterocycles. The predicted molar refractivity (Wildman–Crippen MR) is 89.4 cm³/mol. The molecule has 8 nitrogen and oxygen atoms in total. The van der Waals surface area contributed by atoms with E-state index < -0.39 is 18.1 Å². The van der Waals surface area contributed by atoms with Crippen LogP contribution in [0.4, 0.5) is 4.79 Å². The minimum atomic E-state index is -0.849. The van der Waals surface area contributed by atoms with Crippen LogP contribution in [0.2, 0.25) is 0 Å². The Kier molecular flexibility index (Phi) is 9.40. The Morgan fingerprint density at radius 2 is 1.96 bits per heavy atom. The number of hydrogen-bond donors (Lipinski definition) is 1. The van der Waals surface area contributed by atoms with Gasteiger partial charge in [-0.3, -0.25) is 0 Å².